The summed E-state index contributed by atoms with van der Waals surface area (Å²) in [5.41, 5.74) is 4.50. The molecular formula is C30H38N6O3. The summed E-state index contributed by atoms with van der Waals surface area (Å²) in [5.74, 6) is 3.42. The molecule has 0 atom stereocenters. The van der Waals surface area contributed by atoms with Crippen molar-refractivity contribution in [1.82, 2.24) is 9.97 Å². The van der Waals surface area contributed by atoms with E-state index in [1.165, 1.54) is 38.5 Å². The largest absolute Gasteiger partial charge is 0.462 e. The number of anilines is 3. The van der Waals surface area contributed by atoms with Crippen LogP contribution in [0.4, 0.5) is 17.6 Å². The van der Waals surface area contributed by atoms with Gasteiger partial charge in [-0.3, -0.25) is 5.43 Å². The number of rotatable bonds is 10. The number of piperidine rings is 2. The molecule has 9 nitrogen and oxygen atoms in total. The Balaban J connectivity index is 1.24. The van der Waals surface area contributed by atoms with Gasteiger partial charge >= 0.3 is 5.97 Å². The van der Waals surface area contributed by atoms with E-state index in [1.807, 2.05) is 30.3 Å². The molecule has 4 heterocycles. The third-order valence-corrected chi connectivity index (χ3v) is 7.15. The molecule has 5 rings (SSSR count). The van der Waals surface area contributed by atoms with E-state index in [9.17, 15) is 4.79 Å². The third-order valence-electron chi connectivity index (χ3n) is 7.15. The standard InChI is InChI=1S/C30H38N6O3/c1-2-3-20-38-29(37)24-12-10-23(11-13-24)26-15-14-25(39-26)22-31-34-27-21-28(35-16-6-4-7-17-35)33-30(32-27)36-18-8-5-9-19-36/h10-15,21-22H,2-9,16-20H2,1H3,(H,32,33,34). The van der Waals surface area contributed by atoms with Crippen LogP contribution in [0.15, 0.2) is 52.0 Å². The molecule has 0 aliphatic carbocycles. The average Bonchev–Trinajstić information content (AvgIpc) is 3.47. The van der Waals surface area contributed by atoms with Crippen LogP contribution < -0.4 is 15.2 Å². The third kappa shape index (κ3) is 7.16. The Bertz CT molecular complexity index is 1210. The molecule has 2 saturated heterocycles. The smallest absolute Gasteiger partial charge is 0.338 e. The van der Waals surface area contributed by atoms with E-state index >= 15 is 0 Å². The minimum Gasteiger partial charge on any atom is -0.462 e. The van der Waals surface area contributed by atoms with E-state index in [0.717, 1.165) is 56.4 Å². The lowest BCUT2D eigenvalue weighted by Gasteiger charge is -2.31. The molecule has 0 saturated carbocycles. The number of carbonyl (C=O) groups excluding carboxylic acids is 1. The van der Waals surface area contributed by atoms with Crippen molar-refractivity contribution in [3.8, 4) is 11.3 Å². The second kappa shape index (κ2) is 13.3. The van der Waals surface area contributed by atoms with Crippen molar-refractivity contribution in [1.29, 1.82) is 0 Å². The molecule has 39 heavy (non-hydrogen) atoms. The molecule has 0 unspecified atom stereocenters. The zero-order valence-electron chi connectivity index (χ0n) is 22.8. The Hall–Kier alpha value is -3.88. The van der Waals surface area contributed by atoms with Gasteiger partial charge in [-0.1, -0.05) is 25.5 Å². The number of carbonyl (C=O) groups is 1. The number of furan rings is 1. The van der Waals surface area contributed by atoms with Crippen molar-refractivity contribution in [2.75, 3.05) is 48.0 Å². The molecule has 9 heteroatoms. The van der Waals surface area contributed by atoms with E-state index in [2.05, 4.69) is 27.3 Å². The predicted molar refractivity (Wildman–Crippen MR) is 155 cm³/mol. The number of nitrogens with zero attached hydrogens (tertiary/aromatic N) is 5. The van der Waals surface area contributed by atoms with E-state index in [4.69, 9.17) is 19.1 Å². The van der Waals surface area contributed by atoms with Crippen molar-refractivity contribution >= 4 is 29.8 Å². The van der Waals surface area contributed by atoms with Crippen LogP contribution in [0.2, 0.25) is 0 Å². The maximum absolute atomic E-state index is 12.1. The number of hydrazone groups is 1. The second-order valence-electron chi connectivity index (χ2n) is 10.1. The number of ether oxygens (including phenoxy) is 1. The summed E-state index contributed by atoms with van der Waals surface area (Å²) in [4.78, 5) is 26.5. The number of unbranched alkanes of at least 4 members (excludes halogenated alkanes) is 1. The molecule has 0 amide bonds. The highest BCUT2D eigenvalue weighted by Crippen LogP contribution is 2.26. The minimum atomic E-state index is -0.301. The Kier molecular flexibility index (Phi) is 9.09. The van der Waals surface area contributed by atoms with Crippen molar-refractivity contribution in [2.45, 2.75) is 58.3 Å². The van der Waals surface area contributed by atoms with Gasteiger partial charge in [0.05, 0.1) is 18.4 Å². The van der Waals surface area contributed by atoms with Gasteiger partial charge in [0, 0.05) is 37.8 Å². The van der Waals surface area contributed by atoms with Crippen LogP contribution in [0.1, 0.15) is 74.4 Å². The van der Waals surface area contributed by atoms with E-state index in [0.29, 0.717) is 29.5 Å². The number of esters is 1. The quantitative estimate of drug-likeness (QED) is 0.145. The Labute approximate surface area is 230 Å². The summed E-state index contributed by atoms with van der Waals surface area (Å²) < 4.78 is 11.3. The van der Waals surface area contributed by atoms with Crippen LogP contribution in [0, 0.1) is 0 Å². The number of nitrogens with one attached hydrogen (secondary N) is 1. The zero-order chi connectivity index (χ0) is 26.9. The van der Waals surface area contributed by atoms with Crippen LogP contribution in [0.5, 0.6) is 0 Å². The maximum Gasteiger partial charge on any atom is 0.338 e. The van der Waals surface area contributed by atoms with Crippen molar-refractivity contribution in [2.24, 2.45) is 5.10 Å². The molecule has 0 radical (unpaired) electrons. The highest BCUT2D eigenvalue weighted by molar-refractivity contribution is 5.90. The number of hydrogen-bond donors (Lipinski definition) is 1. The normalized spacial score (nSPS) is 16.0. The summed E-state index contributed by atoms with van der Waals surface area (Å²) in [5, 5.41) is 4.41. The van der Waals surface area contributed by atoms with Gasteiger partial charge in [0.25, 0.3) is 0 Å². The van der Waals surface area contributed by atoms with Crippen LogP contribution in [-0.4, -0.2) is 54.9 Å². The summed E-state index contributed by atoms with van der Waals surface area (Å²) in [7, 11) is 0. The van der Waals surface area contributed by atoms with Gasteiger partial charge in [0.15, 0.2) is 5.82 Å². The highest BCUT2D eigenvalue weighted by Gasteiger charge is 2.19. The predicted octanol–water partition coefficient (Wildman–Crippen LogP) is 6.12. The molecule has 0 spiro atoms. The fourth-order valence-electron chi connectivity index (χ4n) is 4.90. The lowest BCUT2D eigenvalue weighted by Crippen LogP contribution is -2.33. The first kappa shape index (κ1) is 26.7. The molecule has 1 aromatic carbocycles. The maximum atomic E-state index is 12.1. The fraction of sp³-hybridized carbons (Fsp3) is 0.467. The Morgan fingerprint density at radius 3 is 2.41 bits per heavy atom. The lowest BCUT2D eigenvalue weighted by molar-refractivity contribution is 0.0499. The van der Waals surface area contributed by atoms with Gasteiger partial charge in [-0.15, -0.1) is 0 Å². The summed E-state index contributed by atoms with van der Waals surface area (Å²) in [6.07, 6.45) is 10.8. The Morgan fingerprint density at radius 1 is 0.974 bits per heavy atom. The van der Waals surface area contributed by atoms with E-state index in [1.54, 1.807) is 18.3 Å². The first-order valence-electron chi connectivity index (χ1n) is 14.2. The monoisotopic (exact) mass is 530 g/mol. The van der Waals surface area contributed by atoms with Gasteiger partial charge in [0.1, 0.15) is 17.3 Å². The fourth-order valence-corrected chi connectivity index (χ4v) is 4.90. The SMILES string of the molecule is CCCCOC(=O)c1ccc(-c2ccc(C=NNc3cc(N4CCCCC4)nc(N4CCCCC4)n3)o2)cc1. The summed E-state index contributed by atoms with van der Waals surface area (Å²) in [6.45, 7) is 6.53. The van der Waals surface area contributed by atoms with Crippen molar-refractivity contribution in [3.05, 3.63) is 53.8 Å². The van der Waals surface area contributed by atoms with Crippen LogP contribution >= 0.6 is 0 Å². The first-order valence-corrected chi connectivity index (χ1v) is 14.2. The molecule has 2 aliphatic heterocycles. The summed E-state index contributed by atoms with van der Waals surface area (Å²) >= 11 is 0. The summed E-state index contributed by atoms with van der Waals surface area (Å²) in [6, 6.07) is 13.0. The van der Waals surface area contributed by atoms with Gasteiger partial charge in [-0.05, 0) is 69.2 Å². The zero-order valence-corrected chi connectivity index (χ0v) is 22.8. The van der Waals surface area contributed by atoms with E-state index in [-0.39, 0.29) is 5.97 Å². The lowest BCUT2D eigenvalue weighted by atomic mass is 10.1. The first-order chi connectivity index (χ1) is 19.2. The van der Waals surface area contributed by atoms with Gasteiger partial charge in [0.2, 0.25) is 5.95 Å². The van der Waals surface area contributed by atoms with Crippen LogP contribution in [-0.2, 0) is 4.74 Å². The van der Waals surface area contributed by atoms with Crippen molar-refractivity contribution < 1.29 is 13.9 Å². The second-order valence-corrected chi connectivity index (χ2v) is 10.1. The van der Waals surface area contributed by atoms with Crippen LogP contribution in [0.3, 0.4) is 0 Å². The average molecular weight is 531 g/mol. The molecule has 0 bridgehead atoms. The Morgan fingerprint density at radius 2 is 1.69 bits per heavy atom. The van der Waals surface area contributed by atoms with Gasteiger partial charge in [-0.2, -0.15) is 15.1 Å². The van der Waals surface area contributed by atoms with Crippen LogP contribution in [0.25, 0.3) is 11.3 Å². The minimum absolute atomic E-state index is 0.301. The molecular weight excluding hydrogens is 492 g/mol. The van der Waals surface area contributed by atoms with Gasteiger partial charge < -0.3 is 19.0 Å². The molecule has 2 fully saturated rings. The molecule has 3 aromatic rings. The van der Waals surface area contributed by atoms with Crippen molar-refractivity contribution in [3.63, 3.8) is 0 Å². The number of hydrogen-bond acceptors (Lipinski definition) is 9. The molecule has 1 N–H and O–H groups in total. The number of aromatic nitrogens is 2. The van der Waals surface area contributed by atoms with Gasteiger partial charge in [-0.25, -0.2) is 4.79 Å². The molecule has 2 aromatic heterocycles. The highest BCUT2D eigenvalue weighted by atomic mass is 16.5. The number of benzene rings is 1. The van der Waals surface area contributed by atoms with E-state index < -0.39 is 0 Å². The molecule has 2 aliphatic rings. The topological polar surface area (TPSA) is 96.1 Å². The molecule has 206 valence electrons.